The first-order chi connectivity index (χ1) is 15.1. The number of hydrogen-bond donors (Lipinski definition) is 1. The van der Waals surface area contributed by atoms with E-state index in [4.69, 9.17) is 4.74 Å². The molecule has 2 aliphatic rings. The highest BCUT2D eigenvalue weighted by Gasteiger charge is 2.22. The normalized spacial score (nSPS) is 18.7. The Morgan fingerprint density at radius 2 is 2.26 bits per heavy atom. The summed E-state index contributed by atoms with van der Waals surface area (Å²) in [6.45, 7) is 11.2. The molecule has 0 radical (unpaired) electrons. The summed E-state index contributed by atoms with van der Waals surface area (Å²) in [5.74, 6) is 2.26. The Balaban J connectivity index is 1.62. The third-order valence-corrected chi connectivity index (χ3v) is 5.23. The lowest BCUT2D eigenvalue weighted by atomic mass is 10.1. The van der Waals surface area contributed by atoms with E-state index in [1.54, 1.807) is 13.4 Å². The molecule has 0 spiro atoms. The molecule has 0 bridgehead atoms. The topological polar surface area (TPSA) is 62.6 Å². The fourth-order valence-corrected chi connectivity index (χ4v) is 3.49. The molecule has 3 heterocycles. The molecule has 1 atom stereocenters. The van der Waals surface area contributed by atoms with Gasteiger partial charge >= 0.3 is 0 Å². The van der Waals surface area contributed by atoms with E-state index in [0.29, 0.717) is 12.5 Å². The van der Waals surface area contributed by atoms with Gasteiger partial charge in [-0.05, 0) is 25.0 Å². The zero-order valence-electron chi connectivity index (χ0n) is 18.8. The molecule has 31 heavy (non-hydrogen) atoms. The minimum Gasteiger partial charge on any atom is -0.380 e. The maximum atomic E-state index is 5.08. The summed E-state index contributed by atoms with van der Waals surface area (Å²) < 4.78 is 5.08. The summed E-state index contributed by atoms with van der Waals surface area (Å²) in [5, 5.41) is 3.50. The molecule has 0 aromatic carbocycles. The zero-order chi connectivity index (χ0) is 22.1. The molecule has 0 saturated heterocycles. The quantitative estimate of drug-likeness (QED) is 0.473. The first-order valence-corrected chi connectivity index (χ1v) is 10.8. The molecule has 0 aliphatic carbocycles. The van der Waals surface area contributed by atoms with E-state index in [2.05, 4.69) is 82.1 Å². The summed E-state index contributed by atoms with van der Waals surface area (Å²) in [4.78, 5) is 16.0. The lowest BCUT2D eigenvalue weighted by Gasteiger charge is -2.30. The summed E-state index contributed by atoms with van der Waals surface area (Å²) in [7, 11) is 1.69. The van der Waals surface area contributed by atoms with Gasteiger partial charge in [0.2, 0.25) is 0 Å². The van der Waals surface area contributed by atoms with Crippen LogP contribution >= 0.6 is 0 Å². The number of aliphatic imine (C=N–C) groups is 1. The SMILES string of the molecule is C=C(CC=C/C=C(\C)CNc1ncnc2c1CN(C1=CC=CC(C)C=N1)CC2)COC. The van der Waals surface area contributed by atoms with Crippen LogP contribution in [-0.4, -0.2) is 47.9 Å². The van der Waals surface area contributed by atoms with Gasteiger partial charge in [0.1, 0.15) is 18.0 Å². The van der Waals surface area contributed by atoms with Crippen molar-refractivity contribution < 1.29 is 4.74 Å². The first-order valence-electron chi connectivity index (χ1n) is 10.8. The van der Waals surface area contributed by atoms with Crippen molar-refractivity contribution in [1.29, 1.82) is 0 Å². The molecule has 1 aromatic rings. The maximum Gasteiger partial charge on any atom is 0.134 e. The van der Waals surface area contributed by atoms with Crippen LogP contribution in [0.5, 0.6) is 0 Å². The van der Waals surface area contributed by atoms with Crippen LogP contribution in [-0.2, 0) is 17.7 Å². The highest BCUT2D eigenvalue weighted by Crippen LogP contribution is 2.26. The second-order valence-corrected chi connectivity index (χ2v) is 8.05. The van der Waals surface area contributed by atoms with Crippen LogP contribution in [0.25, 0.3) is 0 Å². The van der Waals surface area contributed by atoms with Gasteiger partial charge in [-0.25, -0.2) is 15.0 Å². The average Bonchev–Trinajstić information content (AvgIpc) is 2.99. The highest BCUT2D eigenvalue weighted by atomic mass is 16.5. The van der Waals surface area contributed by atoms with Crippen LogP contribution in [0.15, 0.2) is 71.3 Å². The number of rotatable bonds is 9. The Labute approximate surface area is 185 Å². The van der Waals surface area contributed by atoms with Crippen molar-refractivity contribution in [2.45, 2.75) is 33.2 Å². The molecule has 6 heteroatoms. The van der Waals surface area contributed by atoms with Crippen molar-refractivity contribution in [2.75, 3.05) is 32.1 Å². The molecule has 1 N–H and O–H groups in total. The Morgan fingerprint density at radius 3 is 3.10 bits per heavy atom. The number of hydrogen-bond acceptors (Lipinski definition) is 6. The number of ether oxygens (including phenoxy) is 1. The van der Waals surface area contributed by atoms with Crippen molar-refractivity contribution >= 4 is 12.0 Å². The van der Waals surface area contributed by atoms with Gasteiger partial charge in [0, 0.05) is 50.9 Å². The highest BCUT2D eigenvalue weighted by molar-refractivity contribution is 5.65. The molecule has 164 valence electrons. The fourth-order valence-electron chi connectivity index (χ4n) is 3.49. The monoisotopic (exact) mass is 419 g/mol. The second-order valence-electron chi connectivity index (χ2n) is 8.05. The van der Waals surface area contributed by atoms with Crippen molar-refractivity contribution in [3.8, 4) is 0 Å². The van der Waals surface area contributed by atoms with E-state index in [1.807, 2.05) is 6.21 Å². The third-order valence-electron chi connectivity index (χ3n) is 5.23. The largest absolute Gasteiger partial charge is 0.380 e. The van der Waals surface area contributed by atoms with E-state index in [9.17, 15) is 0 Å². The number of nitrogens with one attached hydrogen (secondary N) is 1. The molecule has 1 unspecified atom stereocenters. The number of nitrogens with zero attached hydrogens (tertiary/aromatic N) is 4. The lowest BCUT2D eigenvalue weighted by Crippen LogP contribution is -2.31. The molecule has 0 amide bonds. The first kappa shape index (κ1) is 22.7. The van der Waals surface area contributed by atoms with E-state index in [-0.39, 0.29) is 0 Å². The third kappa shape index (κ3) is 6.76. The predicted molar refractivity (Wildman–Crippen MR) is 128 cm³/mol. The van der Waals surface area contributed by atoms with Gasteiger partial charge < -0.3 is 15.0 Å². The smallest absolute Gasteiger partial charge is 0.134 e. The van der Waals surface area contributed by atoms with E-state index in [0.717, 1.165) is 60.9 Å². The number of allylic oxidation sites excluding steroid dienone is 6. The molecule has 0 saturated carbocycles. The second kappa shape index (κ2) is 11.4. The standard InChI is InChI=1S/C25H33N5O/c1-19(8-5-6-9-21(3)17-31-4)15-27-25-22-16-30(13-12-23(22)28-18-29-25)24-11-7-10-20(2)14-26-24/h5-8,10-11,14,18,20H,3,9,12-13,15-17H2,1-2,4H3,(H,27,28,29)/b6-5?,19-8+. The molecule has 1 aromatic heterocycles. The molecular formula is C25H33N5O. The Kier molecular flexibility index (Phi) is 8.35. The van der Waals surface area contributed by atoms with Crippen molar-refractivity contribution in [2.24, 2.45) is 10.9 Å². The van der Waals surface area contributed by atoms with E-state index >= 15 is 0 Å². The van der Waals surface area contributed by atoms with Gasteiger partial charge in [0.15, 0.2) is 0 Å². The fraction of sp³-hybridized carbons (Fsp3) is 0.400. The minimum atomic E-state index is 0.355. The van der Waals surface area contributed by atoms with Crippen LogP contribution in [0.2, 0.25) is 0 Å². The van der Waals surface area contributed by atoms with Gasteiger partial charge in [-0.15, -0.1) is 0 Å². The van der Waals surface area contributed by atoms with Crippen LogP contribution in [0.1, 0.15) is 31.5 Å². The molecule has 6 nitrogen and oxygen atoms in total. The van der Waals surface area contributed by atoms with Gasteiger partial charge in [0.25, 0.3) is 0 Å². The molecule has 2 aliphatic heterocycles. The van der Waals surface area contributed by atoms with Gasteiger partial charge in [-0.3, -0.25) is 0 Å². The molecule has 0 fully saturated rings. The minimum absolute atomic E-state index is 0.355. The Hall–Kier alpha value is -2.99. The van der Waals surface area contributed by atoms with Gasteiger partial charge in [-0.2, -0.15) is 0 Å². The van der Waals surface area contributed by atoms with Crippen molar-refractivity contribution in [3.63, 3.8) is 0 Å². The number of methoxy groups -OCH3 is 1. The van der Waals surface area contributed by atoms with Crippen LogP contribution < -0.4 is 5.32 Å². The average molecular weight is 420 g/mol. The molecule has 3 rings (SSSR count). The van der Waals surface area contributed by atoms with Crippen molar-refractivity contribution in [3.05, 3.63) is 77.6 Å². The zero-order valence-corrected chi connectivity index (χ0v) is 18.8. The van der Waals surface area contributed by atoms with Crippen LogP contribution in [0.4, 0.5) is 5.82 Å². The van der Waals surface area contributed by atoms with Crippen LogP contribution in [0, 0.1) is 5.92 Å². The van der Waals surface area contributed by atoms with Crippen molar-refractivity contribution in [1.82, 2.24) is 14.9 Å². The maximum absolute atomic E-state index is 5.08. The lowest BCUT2D eigenvalue weighted by molar-refractivity contribution is 0.224. The van der Waals surface area contributed by atoms with Gasteiger partial charge in [-0.1, -0.05) is 49.5 Å². The summed E-state index contributed by atoms with van der Waals surface area (Å²) >= 11 is 0. The van der Waals surface area contributed by atoms with Crippen LogP contribution in [0.3, 0.4) is 0 Å². The summed E-state index contributed by atoms with van der Waals surface area (Å²) in [6.07, 6.45) is 18.0. The Morgan fingerprint density at radius 1 is 1.39 bits per heavy atom. The van der Waals surface area contributed by atoms with Gasteiger partial charge in [0.05, 0.1) is 12.3 Å². The number of anilines is 1. The summed E-state index contributed by atoms with van der Waals surface area (Å²) in [6, 6.07) is 0. The molecular weight excluding hydrogens is 386 g/mol. The number of aromatic nitrogens is 2. The van der Waals surface area contributed by atoms with E-state index < -0.39 is 0 Å². The van der Waals surface area contributed by atoms with E-state index in [1.165, 1.54) is 5.57 Å². The Bertz CT molecular complexity index is 926. The number of fused-ring (bicyclic) bond motifs is 1. The predicted octanol–water partition coefficient (Wildman–Crippen LogP) is 4.46. The summed E-state index contributed by atoms with van der Waals surface area (Å²) in [5.41, 5.74) is 4.57.